The van der Waals surface area contributed by atoms with Crippen LogP contribution in [0.4, 0.5) is 0 Å². The lowest BCUT2D eigenvalue weighted by Gasteiger charge is -1.91. The minimum Gasteiger partial charge on any atom is -0.361 e. The van der Waals surface area contributed by atoms with Gasteiger partial charge in [-0.15, -0.1) is 0 Å². The van der Waals surface area contributed by atoms with E-state index in [1.807, 2.05) is 42.7 Å². The minimum absolute atomic E-state index is 0.715. The van der Waals surface area contributed by atoms with E-state index in [4.69, 9.17) is 0 Å². The maximum Gasteiger partial charge on any atom is 0.152 e. The highest BCUT2D eigenvalue weighted by atomic mass is 16.1. The van der Waals surface area contributed by atoms with Crippen LogP contribution in [0.15, 0.2) is 67.0 Å². The molecule has 0 amide bonds. The molecular formula is C17H14N2O. The minimum atomic E-state index is 0.715. The average molecular weight is 262 g/mol. The van der Waals surface area contributed by atoms with Crippen LogP contribution in [0.5, 0.6) is 0 Å². The number of carbonyl (C=O) groups excluding carboxylic acids is 1. The molecule has 0 aliphatic rings. The van der Waals surface area contributed by atoms with E-state index < -0.39 is 0 Å². The molecule has 2 aromatic heterocycles. The quantitative estimate of drug-likeness (QED) is 0.497. The van der Waals surface area contributed by atoms with Gasteiger partial charge in [-0.1, -0.05) is 30.3 Å². The predicted molar refractivity (Wildman–Crippen MR) is 82.0 cm³/mol. The van der Waals surface area contributed by atoms with E-state index >= 15 is 0 Å². The van der Waals surface area contributed by atoms with Crippen LogP contribution in [0.1, 0.15) is 10.4 Å². The number of aromatic amines is 2. The van der Waals surface area contributed by atoms with Gasteiger partial charge in [0.1, 0.15) is 0 Å². The van der Waals surface area contributed by atoms with Crippen LogP contribution in [0, 0.1) is 0 Å². The zero-order valence-electron chi connectivity index (χ0n) is 10.8. The Balaban J connectivity index is 0.000000123. The first-order valence-corrected chi connectivity index (χ1v) is 6.42. The summed E-state index contributed by atoms with van der Waals surface area (Å²) in [6.45, 7) is 0. The van der Waals surface area contributed by atoms with Gasteiger partial charge in [0.15, 0.2) is 6.29 Å². The number of hydrogen-bond donors (Lipinski definition) is 2. The number of fused-ring (bicyclic) bond motifs is 2. The Morgan fingerprint density at radius 1 is 0.750 bits per heavy atom. The summed E-state index contributed by atoms with van der Waals surface area (Å²) in [6, 6.07) is 17.9. The molecule has 4 aromatic rings. The summed E-state index contributed by atoms with van der Waals surface area (Å²) in [5.41, 5.74) is 2.84. The predicted octanol–water partition coefficient (Wildman–Crippen LogP) is 4.15. The number of nitrogens with one attached hydrogen (secondary N) is 2. The Morgan fingerprint density at radius 2 is 1.50 bits per heavy atom. The first-order valence-electron chi connectivity index (χ1n) is 6.42. The Hall–Kier alpha value is -2.81. The second-order valence-electron chi connectivity index (χ2n) is 4.47. The van der Waals surface area contributed by atoms with Gasteiger partial charge in [-0.3, -0.25) is 4.79 Å². The zero-order chi connectivity index (χ0) is 13.8. The molecule has 20 heavy (non-hydrogen) atoms. The van der Waals surface area contributed by atoms with Crippen LogP contribution in [-0.4, -0.2) is 16.3 Å². The first-order chi connectivity index (χ1) is 9.88. The number of rotatable bonds is 1. The third-order valence-electron chi connectivity index (χ3n) is 3.21. The molecule has 0 radical (unpaired) electrons. The van der Waals surface area contributed by atoms with Gasteiger partial charge in [0.05, 0.1) is 5.52 Å². The SMILES string of the molecule is O=Cc1cccc2cc[nH]c12.c1ccc2[nH]ccc2c1. The fraction of sp³-hybridized carbons (Fsp3) is 0. The van der Waals surface area contributed by atoms with Crippen molar-refractivity contribution in [3.63, 3.8) is 0 Å². The van der Waals surface area contributed by atoms with E-state index in [9.17, 15) is 4.79 Å². The van der Waals surface area contributed by atoms with Crippen LogP contribution < -0.4 is 0 Å². The number of aldehydes is 1. The number of H-pyrrole nitrogens is 2. The van der Waals surface area contributed by atoms with Crippen molar-refractivity contribution < 1.29 is 4.79 Å². The largest absolute Gasteiger partial charge is 0.361 e. The van der Waals surface area contributed by atoms with Crippen molar-refractivity contribution in [2.75, 3.05) is 0 Å². The Labute approximate surface area is 116 Å². The zero-order valence-corrected chi connectivity index (χ0v) is 10.8. The van der Waals surface area contributed by atoms with Crippen molar-refractivity contribution in [2.45, 2.75) is 0 Å². The molecule has 0 fully saturated rings. The number of hydrogen-bond acceptors (Lipinski definition) is 1. The van der Waals surface area contributed by atoms with Gasteiger partial charge in [0.2, 0.25) is 0 Å². The number of aromatic nitrogens is 2. The van der Waals surface area contributed by atoms with Crippen LogP contribution in [0.2, 0.25) is 0 Å². The van der Waals surface area contributed by atoms with Crippen LogP contribution in [0.3, 0.4) is 0 Å². The van der Waals surface area contributed by atoms with E-state index in [1.165, 1.54) is 10.9 Å². The topological polar surface area (TPSA) is 48.6 Å². The summed E-state index contributed by atoms with van der Waals surface area (Å²) >= 11 is 0. The summed E-state index contributed by atoms with van der Waals surface area (Å²) in [7, 11) is 0. The molecule has 0 aliphatic heterocycles. The molecule has 0 aliphatic carbocycles. The number of para-hydroxylation sites is 2. The molecule has 98 valence electrons. The molecule has 2 aromatic carbocycles. The number of carbonyl (C=O) groups is 1. The van der Waals surface area contributed by atoms with E-state index in [-0.39, 0.29) is 0 Å². The summed E-state index contributed by atoms with van der Waals surface area (Å²) < 4.78 is 0. The second-order valence-corrected chi connectivity index (χ2v) is 4.47. The molecule has 0 atom stereocenters. The van der Waals surface area contributed by atoms with Gasteiger partial charge in [-0.05, 0) is 29.7 Å². The molecule has 2 N–H and O–H groups in total. The fourth-order valence-corrected chi connectivity index (χ4v) is 2.20. The monoisotopic (exact) mass is 262 g/mol. The molecule has 3 nitrogen and oxygen atoms in total. The lowest BCUT2D eigenvalue weighted by Crippen LogP contribution is -1.80. The van der Waals surface area contributed by atoms with Gasteiger partial charge < -0.3 is 9.97 Å². The van der Waals surface area contributed by atoms with Gasteiger partial charge in [-0.2, -0.15) is 0 Å². The molecule has 0 saturated carbocycles. The first kappa shape index (κ1) is 12.2. The van der Waals surface area contributed by atoms with Gasteiger partial charge in [0, 0.05) is 28.9 Å². The molecule has 0 saturated heterocycles. The molecule has 0 spiro atoms. The maximum absolute atomic E-state index is 10.5. The van der Waals surface area contributed by atoms with Crippen molar-refractivity contribution in [2.24, 2.45) is 0 Å². The van der Waals surface area contributed by atoms with Gasteiger partial charge in [0.25, 0.3) is 0 Å². The summed E-state index contributed by atoms with van der Waals surface area (Å²) in [4.78, 5) is 16.6. The number of benzene rings is 2. The highest BCUT2D eigenvalue weighted by molar-refractivity contribution is 5.95. The third-order valence-corrected chi connectivity index (χ3v) is 3.21. The smallest absolute Gasteiger partial charge is 0.152 e. The molecule has 2 heterocycles. The second kappa shape index (κ2) is 5.45. The maximum atomic E-state index is 10.5. The van der Waals surface area contributed by atoms with E-state index in [2.05, 4.69) is 28.2 Å². The lowest BCUT2D eigenvalue weighted by molar-refractivity contribution is 0.112. The van der Waals surface area contributed by atoms with Crippen LogP contribution in [-0.2, 0) is 0 Å². The summed E-state index contributed by atoms with van der Waals surface area (Å²) in [6.07, 6.45) is 4.64. The van der Waals surface area contributed by atoms with E-state index in [1.54, 1.807) is 6.07 Å². The van der Waals surface area contributed by atoms with Crippen molar-refractivity contribution in [3.8, 4) is 0 Å². The summed E-state index contributed by atoms with van der Waals surface area (Å²) in [5.74, 6) is 0. The van der Waals surface area contributed by atoms with Crippen LogP contribution >= 0.6 is 0 Å². The van der Waals surface area contributed by atoms with Gasteiger partial charge in [-0.25, -0.2) is 0 Å². The standard InChI is InChI=1S/C9H7NO.C8H7N/c11-6-8-3-1-2-7-4-5-10-9(7)8;1-2-4-8-7(3-1)5-6-9-8/h1-6,10H;1-6,9H. The average Bonchev–Trinajstić information content (AvgIpc) is 3.16. The fourth-order valence-electron chi connectivity index (χ4n) is 2.20. The molecule has 0 unspecified atom stereocenters. The van der Waals surface area contributed by atoms with Crippen molar-refractivity contribution in [1.29, 1.82) is 0 Å². The van der Waals surface area contributed by atoms with Crippen molar-refractivity contribution in [1.82, 2.24) is 9.97 Å². The normalized spacial score (nSPS) is 10.2. The van der Waals surface area contributed by atoms with Gasteiger partial charge >= 0.3 is 0 Å². The molecule has 4 rings (SSSR count). The Bertz CT molecular complexity index is 812. The summed E-state index contributed by atoms with van der Waals surface area (Å²) in [5, 5.41) is 2.35. The van der Waals surface area contributed by atoms with Crippen LogP contribution in [0.25, 0.3) is 21.8 Å². The highest BCUT2D eigenvalue weighted by Crippen LogP contribution is 2.14. The highest BCUT2D eigenvalue weighted by Gasteiger charge is 1.97. The molecular weight excluding hydrogens is 248 g/mol. The van der Waals surface area contributed by atoms with Crippen molar-refractivity contribution in [3.05, 3.63) is 72.6 Å². The molecule has 0 bridgehead atoms. The Kier molecular flexibility index (Phi) is 3.33. The van der Waals surface area contributed by atoms with E-state index in [0.29, 0.717) is 5.56 Å². The lowest BCUT2D eigenvalue weighted by atomic mass is 10.2. The van der Waals surface area contributed by atoms with Crippen molar-refractivity contribution >= 4 is 28.1 Å². The Morgan fingerprint density at radius 3 is 2.35 bits per heavy atom. The van der Waals surface area contributed by atoms with E-state index in [0.717, 1.165) is 17.2 Å². The molecule has 3 heteroatoms. The third kappa shape index (κ3) is 2.34.